The highest BCUT2D eigenvalue weighted by molar-refractivity contribution is 6.39. The summed E-state index contributed by atoms with van der Waals surface area (Å²) in [5.74, 6) is 0.883. The quantitative estimate of drug-likeness (QED) is 0.291. The van der Waals surface area contributed by atoms with Crippen LogP contribution in [0.5, 0.6) is 5.88 Å². The molecule has 2 aliphatic rings. The Hall–Kier alpha value is -4.03. The van der Waals surface area contributed by atoms with Crippen LogP contribution in [0.4, 0.5) is 5.69 Å². The van der Waals surface area contributed by atoms with Crippen LogP contribution in [-0.4, -0.2) is 82.0 Å². The van der Waals surface area contributed by atoms with Gasteiger partial charge in [-0.05, 0) is 19.2 Å². The molecule has 2 N–H and O–H groups in total. The Morgan fingerprint density at radius 2 is 1.73 bits per heavy atom. The summed E-state index contributed by atoms with van der Waals surface area (Å²) < 4.78 is 7.47. The molecule has 0 bridgehead atoms. The van der Waals surface area contributed by atoms with E-state index in [1.54, 1.807) is 26.4 Å². The van der Waals surface area contributed by atoms with Crippen molar-refractivity contribution < 1.29 is 14.3 Å². The van der Waals surface area contributed by atoms with Crippen LogP contribution in [0.25, 0.3) is 22.5 Å². The summed E-state index contributed by atoms with van der Waals surface area (Å²) in [6.45, 7) is 3.53. The topological polar surface area (TPSA) is 118 Å². The molecule has 1 saturated heterocycles. The van der Waals surface area contributed by atoms with E-state index in [-0.39, 0.29) is 17.7 Å². The molecule has 234 valence electrons. The first-order chi connectivity index (χ1) is 21.7. The molecule has 13 heteroatoms. The third kappa shape index (κ3) is 6.00. The summed E-state index contributed by atoms with van der Waals surface area (Å²) in [5, 5.41) is 6.40. The van der Waals surface area contributed by atoms with Gasteiger partial charge in [-0.25, -0.2) is 9.97 Å². The Morgan fingerprint density at radius 3 is 2.47 bits per heavy atom. The van der Waals surface area contributed by atoms with Crippen LogP contribution in [0.15, 0.2) is 42.6 Å². The molecule has 6 rings (SSSR count). The number of anilines is 1. The fourth-order valence-electron chi connectivity index (χ4n) is 5.91. The molecule has 2 aliphatic heterocycles. The van der Waals surface area contributed by atoms with Crippen LogP contribution in [-0.2, 0) is 31.4 Å². The van der Waals surface area contributed by atoms with Crippen LogP contribution < -0.4 is 15.4 Å². The van der Waals surface area contributed by atoms with E-state index < -0.39 is 0 Å². The van der Waals surface area contributed by atoms with Crippen molar-refractivity contribution in [3.63, 3.8) is 0 Å². The number of aromatic nitrogens is 4. The normalized spacial score (nSPS) is 15.3. The van der Waals surface area contributed by atoms with Gasteiger partial charge in [-0.3, -0.25) is 14.5 Å². The molecule has 0 saturated carbocycles. The molecular formula is C32H34Cl2N8O3. The summed E-state index contributed by atoms with van der Waals surface area (Å²) in [5.41, 5.74) is 5.18. The molecule has 0 aliphatic carbocycles. The number of carbonyl (C=O) groups excluding carboxylic acids is 2. The zero-order valence-corrected chi connectivity index (χ0v) is 27.0. The first-order valence-electron chi connectivity index (χ1n) is 14.6. The predicted molar refractivity (Wildman–Crippen MR) is 174 cm³/mol. The van der Waals surface area contributed by atoms with E-state index in [2.05, 4.69) is 35.4 Å². The minimum absolute atomic E-state index is 0.0104. The number of fused-ring (bicyclic) bond motifs is 1. The van der Waals surface area contributed by atoms with Crippen molar-refractivity contribution in [2.24, 2.45) is 13.0 Å². The van der Waals surface area contributed by atoms with Crippen molar-refractivity contribution in [1.82, 2.24) is 34.6 Å². The number of hydrogen-bond acceptors (Lipinski definition) is 8. The summed E-state index contributed by atoms with van der Waals surface area (Å²) in [6, 6.07) is 11.0. The van der Waals surface area contributed by atoms with Crippen molar-refractivity contribution in [1.29, 1.82) is 0 Å². The van der Waals surface area contributed by atoms with Gasteiger partial charge in [0.05, 0.1) is 34.5 Å². The van der Waals surface area contributed by atoms with Gasteiger partial charge < -0.3 is 24.8 Å². The van der Waals surface area contributed by atoms with Crippen molar-refractivity contribution in [2.45, 2.75) is 19.5 Å². The fraction of sp³-hybridized carbons (Fsp3) is 0.344. The molecule has 45 heavy (non-hydrogen) atoms. The number of rotatable bonds is 8. The third-order valence-electron chi connectivity index (χ3n) is 8.41. The van der Waals surface area contributed by atoms with Crippen LogP contribution >= 0.6 is 23.2 Å². The van der Waals surface area contributed by atoms with E-state index in [0.29, 0.717) is 76.1 Å². The third-order valence-corrected chi connectivity index (χ3v) is 9.23. The maximum Gasteiger partial charge on any atom is 0.291 e. The van der Waals surface area contributed by atoms with Crippen molar-refractivity contribution in [3.8, 4) is 28.4 Å². The van der Waals surface area contributed by atoms with E-state index >= 15 is 0 Å². The average Bonchev–Trinajstić information content (AvgIpc) is 3.35. The lowest BCUT2D eigenvalue weighted by Gasteiger charge is -2.37. The lowest BCUT2D eigenvalue weighted by Crippen LogP contribution is -2.52. The molecule has 2 aromatic carbocycles. The second kappa shape index (κ2) is 12.8. The largest absolute Gasteiger partial charge is 0.481 e. The standard InChI is InChI=1S/C32H34Cl2N8O3/c1-35-30(43)19-15-42(16-19)14-18-13-36-28(39-32(18)45-4)22-9-5-7-20(26(22)33)21-8-6-10-23(27(21)34)38-31(44)29-37-24-17-40(2)12-11-25(24)41(29)3/h5-10,13,19H,11-12,14-17H2,1-4H3,(H,35,43)(H,38,44). The zero-order valence-electron chi connectivity index (χ0n) is 25.5. The number of halogens is 2. The number of likely N-dealkylation sites (tertiary alicyclic amines) is 1. The molecule has 1 fully saturated rings. The zero-order chi connectivity index (χ0) is 31.8. The van der Waals surface area contributed by atoms with Crippen LogP contribution in [0.2, 0.25) is 10.0 Å². The van der Waals surface area contributed by atoms with Crippen LogP contribution in [0.1, 0.15) is 27.6 Å². The SMILES string of the molecule is CNC(=O)C1CN(Cc2cnc(-c3cccc(-c4cccc(NC(=O)c5nc6c(n5C)CCN(C)C6)c4Cl)c3Cl)nc2OC)C1. The molecule has 0 atom stereocenters. The lowest BCUT2D eigenvalue weighted by molar-refractivity contribution is -0.129. The highest BCUT2D eigenvalue weighted by Gasteiger charge is 2.32. The smallest absolute Gasteiger partial charge is 0.291 e. The summed E-state index contributed by atoms with van der Waals surface area (Å²) in [4.78, 5) is 43.4. The average molecular weight is 650 g/mol. The molecule has 2 amide bonds. The van der Waals surface area contributed by atoms with E-state index in [1.165, 1.54) is 0 Å². The molecule has 0 spiro atoms. The van der Waals surface area contributed by atoms with Gasteiger partial charge in [-0.2, -0.15) is 4.98 Å². The number of nitrogens with one attached hydrogen (secondary N) is 2. The Balaban J connectivity index is 1.24. The number of hydrogen-bond donors (Lipinski definition) is 2. The van der Waals surface area contributed by atoms with E-state index in [0.717, 1.165) is 29.9 Å². The van der Waals surface area contributed by atoms with Crippen molar-refractivity contribution >= 4 is 40.7 Å². The van der Waals surface area contributed by atoms with E-state index in [1.807, 2.05) is 49.0 Å². The van der Waals surface area contributed by atoms with Gasteiger partial charge in [-0.1, -0.05) is 47.5 Å². The van der Waals surface area contributed by atoms with Gasteiger partial charge in [0, 0.05) is 87.4 Å². The van der Waals surface area contributed by atoms with Crippen LogP contribution in [0.3, 0.4) is 0 Å². The number of methoxy groups -OCH3 is 1. The second-order valence-electron chi connectivity index (χ2n) is 11.4. The number of imidazole rings is 1. The highest BCUT2D eigenvalue weighted by atomic mass is 35.5. The van der Waals surface area contributed by atoms with Gasteiger partial charge in [-0.15, -0.1) is 0 Å². The Kier molecular flexibility index (Phi) is 8.78. The molecule has 2 aromatic heterocycles. The molecule has 4 aromatic rings. The number of ether oxygens (including phenoxy) is 1. The Morgan fingerprint density at radius 1 is 1.02 bits per heavy atom. The lowest BCUT2D eigenvalue weighted by atomic mass is 9.98. The van der Waals surface area contributed by atoms with Gasteiger partial charge in [0.1, 0.15) is 0 Å². The monoisotopic (exact) mass is 648 g/mol. The summed E-state index contributed by atoms with van der Waals surface area (Å²) in [6.07, 6.45) is 2.57. The number of benzene rings is 2. The molecule has 0 radical (unpaired) electrons. The molecular weight excluding hydrogens is 615 g/mol. The summed E-state index contributed by atoms with van der Waals surface area (Å²) >= 11 is 13.9. The first kappa shape index (κ1) is 31.0. The number of carbonyl (C=O) groups is 2. The molecule has 11 nitrogen and oxygen atoms in total. The van der Waals surface area contributed by atoms with Gasteiger partial charge >= 0.3 is 0 Å². The Bertz CT molecular complexity index is 1790. The number of amides is 2. The summed E-state index contributed by atoms with van der Waals surface area (Å²) in [7, 11) is 7.12. The molecule has 0 unspecified atom stereocenters. The molecule has 4 heterocycles. The fourth-order valence-corrected chi connectivity index (χ4v) is 6.49. The van der Waals surface area contributed by atoms with Crippen molar-refractivity contribution in [3.05, 3.63) is 75.4 Å². The minimum atomic E-state index is -0.337. The van der Waals surface area contributed by atoms with Crippen LogP contribution in [0, 0.1) is 5.92 Å². The maximum atomic E-state index is 13.3. The van der Waals surface area contributed by atoms with E-state index in [4.69, 9.17) is 27.9 Å². The number of nitrogens with zero attached hydrogens (tertiary/aromatic N) is 6. The first-order valence-corrected chi connectivity index (χ1v) is 15.4. The van der Waals surface area contributed by atoms with Gasteiger partial charge in [0.25, 0.3) is 5.91 Å². The van der Waals surface area contributed by atoms with Gasteiger partial charge in [0.2, 0.25) is 11.8 Å². The number of likely N-dealkylation sites (N-methyl/N-ethyl adjacent to an activating group) is 1. The van der Waals surface area contributed by atoms with Crippen molar-refractivity contribution in [2.75, 3.05) is 46.2 Å². The highest BCUT2D eigenvalue weighted by Crippen LogP contribution is 2.41. The second-order valence-corrected chi connectivity index (χ2v) is 12.2. The Labute approximate surface area is 271 Å². The predicted octanol–water partition coefficient (Wildman–Crippen LogP) is 4.28. The maximum absolute atomic E-state index is 13.3. The minimum Gasteiger partial charge on any atom is -0.481 e. The van der Waals surface area contributed by atoms with Gasteiger partial charge in [0.15, 0.2) is 11.6 Å². The van der Waals surface area contributed by atoms with E-state index in [9.17, 15) is 9.59 Å².